The molecule has 4 nitrogen and oxygen atoms in total. The summed E-state index contributed by atoms with van der Waals surface area (Å²) in [6.07, 6.45) is 0. The summed E-state index contributed by atoms with van der Waals surface area (Å²) in [5, 5.41) is 12.2. The molecule has 1 aromatic carbocycles. The Bertz CT molecular complexity index is 407. The van der Waals surface area contributed by atoms with Crippen molar-refractivity contribution in [2.24, 2.45) is 5.92 Å². The Kier molecular flexibility index (Phi) is 4.78. The Morgan fingerprint density at radius 2 is 2.18 bits per heavy atom. The highest BCUT2D eigenvalue weighted by Crippen LogP contribution is 2.19. The van der Waals surface area contributed by atoms with E-state index in [1.807, 2.05) is 13.8 Å². The van der Waals surface area contributed by atoms with Crippen LogP contribution in [0.4, 0.5) is 5.69 Å². The van der Waals surface area contributed by atoms with Gasteiger partial charge in [0.05, 0.1) is 23.2 Å². The molecule has 0 heterocycles. The summed E-state index contributed by atoms with van der Waals surface area (Å²) >= 11 is 5.92. The van der Waals surface area contributed by atoms with E-state index in [-0.39, 0.29) is 24.5 Å². The first-order valence-corrected chi connectivity index (χ1v) is 5.80. The van der Waals surface area contributed by atoms with Crippen molar-refractivity contribution in [1.82, 2.24) is 5.32 Å². The Morgan fingerprint density at radius 1 is 1.53 bits per heavy atom. The van der Waals surface area contributed by atoms with Gasteiger partial charge in [-0.2, -0.15) is 0 Å². The lowest BCUT2D eigenvalue weighted by Gasteiger charge is -2.20. The van der Waals surface area contributed by atoms with E-state index in [4.69, 9.17) is 22.4 Å². The van der Waals surface area contributed by atoms with Gasteiger partial charge in [0.25, 0.3) is 5.91 Å². The monoisotopic (exact) mass is 256 g/mol. The summed E-state index contributed by atoms with van der Waals surface area (Å²) in [7, 11) is 0. The maximum Gasteiger partial charge on any atom is 0.253 e. The summed E-state index contributed by atoms with van der Waals surface area (Å²) in [6.45, 7) is 3.73. The van der Waals surface area contributed by atoms with Gasteiger partial charge in [-0.3, -0.25) is 4.79 Å². The first-order valence-electron chi connectivity index (χ1n) is 5.42. The molecule has 0 aliphatic carbocycles. The van der Waals surface area contributed by atoms with Crippen molar-refractivity contribution >= 4 is 23.2 Å². The number of halogens is 1. The minimum absolute atomic E-state index is 0.108. The van der Waals surface area contributed by atoms with Gasteiger partial charge < -0.3 is 16.2 Å². The van der Waals surface area contributed by atoms with Crippen LogP contribution in [0.1, 0.15) is 24.2 Å². The summed E-state index contributed by atoms with van der Waals surface area (Å²) < 4.78 is 0. The van der Waals surface area contributed by atoms with Gasteiger partial charge in [0, 0.05) is 5.69 Å². The number of aliphatic hydroxyl groups excluding tert-OH is 1. The number of rotatable bonds is 4. The number of amides is 1. The van der Waals surface area contributed by atoms with Crippen molar-refractivity contribution < 1.29 is 9.90 Å². The van der Waals surface area contributed by atoms with Crippen molar-refractivity contribution in [3.05, 3.63) is 28.8 Å². The third-order valence-electron chi connectivity index (χ3n) is 2.55. The average molecular weight is 257 g/mol. The lowest BCUT2D eigenvalue weighted by atomic mass is 10.0. The smallest absolute Gasteiger partial charge is 0.253 e. The maximum absolute atomic E-state index is 11.9. The summed E-state index contributed by atoms with van der Waals surface area (Å²) in [5.41, 5.74) is 6.40. The number of carbonyl (C=O) groups excluding carboxylic acids is 1. The zero-order valence-electron chi connectivity index (χ0n) is 9.90. The number of hydrogen-bond acceptors (Lipinski definition) is 3. The van der Waals surface area contributed by atoms with Gasteiger partial charge in [0.15, 0.2) is 0 Å². The molecule has 1 amide bonds. The molecule has 1 aromatic rings. The molecule has 1 rings (SSSR count). The summed E-state index contributed by atoms with van der Waals surface area (Å²) in [4.78, 5) is 11.9. The third kappa shape index (κ3) is 3.61. The van der Waals surface area contributed by atoms with Gasteiger partial charge in [0.2, 0.25) is 0 Å². The van der Waals surface area contributed by atoms with E-state index in [1.54, 1.807) is 12.1 Å². The topological polar surface area (TPSA) is 75.3 Å². The van der Waals surface area contributed by atoms with E-state index in [1.165, 1.54) is 6.07 Å². The van der Waals surface area contributed by atoms with E-state index in [0.29, 0.717) is 16.3 Å². The van der Waals surface area contributed by atoms with Crippen LogP contribution < -0.4 is 11.1 Å². The molecular weight excluding hydrogens is 240 g/mol. The fourth-order valence-electron chi connectivity index (χ4n) is 1.39. The molecule has 94 valence electrons. The molecule has 0 aliphatic heterocycles. The lowest BCUT2D eigenvalue weighted by Crippen LogP contribution is -2.41. The Balaban J connectivity index is 2.86. The second-order valence-electron chi connectivity index (χ2n) is 4.25. The lowest BCUT2D eigenvalue weighted by molar-refractivity contribution is 0.0897. The quantitative estimate of drug-likeness (QED) is 0.718. The van der Waals surface area contributed by atoms with Crippen molar-refractivity contribution in [1.29, 1.82) is 0 Å². The molecule has 4 N–H and O–H groups in total. The highest BCUT2D eigenvalue weighted by atomic mass is 35.5. The Hall–Kier alpha value is -1.26. The van der Waals surface area contributed by atoms with Gasteiger partial charge in [-0.15, -0.1) is 0 Å². The molecular formula is C12H17ClN2O2. The molecule has 0 saturated heterocycles. The minimum Gasteiger partial charge on any atom is -0.399 e. The minimum atomic E-state index is -0.324. The molecule has 0 fully saturated rings. The van der Waals surface area contributed by atoms with Crippen LogP contribution in [-0.2, 0) is 0 Å². The Morgan fingerprint density at radius 3 is 2.71 bits per heavy atom. The number of anilines is 1. The van der Waals surface area contributed by atoms with E-state index in [9.17, 15) is 4.79 Å². The fourth-order valence-corrected chi connectivity index (χ4v) is 1.59. The fraction of sp³-hybridized carbons (Fsp3) is 0.417. The van der Waals surface area contributed by atoms with Crippen LogP contribution in [-0.4, -0.2) is 23.7 Å². The van der Waals surface area contributed by atoms with Crippen LogP contribution in [0.5, 0.6) is 0 Å². The largest absolute Gasteiger partial charge is 0.399 e. The molecule has 0 saturated carbocycles. The van der Waals surface area contributed by atoms with Crippen LogP contribution in [0.2, 0.25) is 5.02 Å². The molecule has 0 spiro atoms. The predicted molar refractivity (Wildman–Crippen MR) is 69.0 cm³/mol. The zero-order chi connectivity index (χ0) is 13.0. The maximum atomic E-state index is 11.9. The van der Waals surface area contributed by atoms with Gasteiger partial charge >= 0.3 is 0 Å². The van der Waals surface area contributed by atoms with Crippen LogP contribution in [0, 0.1) is 5.92 Å². The van der Waals surface area contributed by atoms with Crippen LogP contribution in [0.25, 0.3) is 0 Å². The van der Waals surface area contributed by atoms with E-state index < -0.39 is 0 Å². The molecule has 0 radical (unpaired) electrons. The molecule has 1 unspecified atom stereocenters. The van der Waals surface area contributed by atoms with Crippen molar-refractivity contribution in [3.8, 4) is 0 Å². The van der Waals surface area contributed by atoms with Gasteiger partial charge in [-0.05, 0) is 24.1 Å². The molecule has 0 aliphatic rings. The van der Waals surface area contributed by atoms with E-state index in [0.717, 1.165) is 0 Å². The highest BCUT2D eigenvalue weighted by Gasteiger charge is 2.18. The van der Waals surface area contributed by atoms with Crippen molar-refractivity contribution in [2.75, 3.05) is 12.3 Å². The second kappa shape index (κ2) is 5.89. The average Bonchev–Trinajstić information content (AvgIpc) is 2.28. The summed E-state index contributed by atoms with van der Waals surface area (Å²) in [6, 6.07) is 4.44. The van der Waals surface area contributed by atoms with E-state index >= 15 is 0 Å². The number of aliphatic hydroxyl groups is 1. The van der Waals surface area contributed by atoms with Crippen LogP contribution in [0.3, 0.4) is 0 Å². The first-order chi connectivity index (χ1) is 7.95. The Labute approximate surface area is 106 Å². The van der Waals surface area contributed by atoms with E-state index in [2.05, 4.69) is 5.32 Å². The third-order valence-corrected chi connectivity index (χ3v) is 2.88. The predicted octanol–water partition coefficient (Wildman–Crippen LogP) is 1.67. The zero-order valence-corrected chi connectivity index (χ0v) is 10.7. The van der Waals surface area contributed by atoms with Crippen molar-refractivity contribution in [3.63, 3.8) is 0 Å². The number of hydrogen-bond donors (Lipinski definition) is 3. The highest BCUT2D eigenvalue weighted by molar-refractivity contribution is 6.34. The first kappa shape index (κ1) is 13.8. The standard InChI is InChI=1S/C12H17ClN2O2/c1-7(2)11(6-16)15-12(17)9-5-8(14)3-4-10(9)13/h3-5,7,11,16H,6,14H2,1-2H3,(H,15,17). The number of nitrogens with two attached hydrogens (primary N) is 1. The molecule has 1 atom stereocenters. The number of benzene rings is 1. The van der Waals surface area contributed by atoms with Gasteiger partial charge in [-0.1, -0.05) is 25.4 Å². The molecule has 17 heavy (non-hydrogen) atoms. The summed E-state index contributed by atoms with van der Waals surface area (Å²) in [5.74, 6) is -0.182. The molecule has 5 heteroatoms. The van der Waals surface area contributed by atoms with Crippen molar-refractivity contribution in [2.45, 2.75) is 19.9 Å². The SMILES string of the molecule is CC(C)C(CO)NC(=O)c1cc(N)ccc1Cl. The normalized spacial score (nSPS) is 12.5. The van der Waals surface area contributed by atoms with Crippen LogP contribution >= 0.6 is 11.6 Å². The second-order valence-corrected chi connectivity index (χ2v) is 4.65. The molecule has 0 aromatic heterocycles. The van der Waals surface area contributed by atoms with Gasteiger partial charge in [-0.25, -0.2) is 0 Å². The number of carbonyl (C=O) groups is 1. The number of nitrogen functional groups attached to an aromatic ring is 1. The number of nitrogens with one attached hydrogen (secondary N) is 1. The van der Waals surface area contributed by atoms with Gasteiger partial charge in [0.1, 0.15) is 0 Å². The molecule has 0 bridgehead atoms. The van der Waals surface area contributed by atoms with Crippen LogP contribution in [0.15, 0.2) is 18.2 Å².